The maximum absolute atomic E-state index is 13.8. The Kier molecular flexibility index (Phi) is 5.75. The van der Waals surface area contributed by atoms with Gasteiger partial charge < -0.3 is 10.2 Å². The third-order valence-electron chi connectivity index (χ3n) is 5.25. The van der Waals surface area contributed by atoms with Crippen molar-refractivity contribution in [2.75, 3.05) is 23.3 Å². The van der Waals surface area contributed by atoms with Crippen molar-refractivity contribution in [3.8, 4) is 0 Å². The summed E-state index contributed by atoms with van der Waals surface area (Å²) in [6, 6.07) is 17.4. The number of piperidine rings is 1. The van der Waals surface area contributed by atoms with E-state index in [-0.39, 0.29) is 5.82 Å². The second-order valence-corrected chi connectivity index (χ2v) is 7.20. The zero-order valence-corrected chi connectivity index (χ0v) is 15.8. The summed E-state index contributed by atoms with van der Waals surface area (Å²) in [4.78, 5) is 6.82. The SMILES string of the molecule is Fc1ccccc1CNc1nncc(N2CCC(Cc3ccccc3)CC2)n1. The molecule has 0 amide bonds. The molecule has 4 rings (SSSR count). The molecule has 1 saturated heterocycles. The number of benzene rings is 2. The van der Waals surface area contributed by atoms with Crippen LogP contribution in [0, 0.1) is 11.7 Å². The number of rotatable bonds is 6. The Morgan fingerprint density at radius 2 is 1.75 bits per heavy atom. The van der Waals surface area contributed by atoms with Crippen LogP contribution in [0.25, 0.3) is 0 Å². The summed E-state index contributed by atoms with van der Waals surface area (Å²) < 4.78 is 13.8. The van der Waals surface area contributed by atoms with E-state index in [1.165, 1.54) is 11.6 Å². The van der Waals surface area contributed by atoms with E-state index < -0.39 is 0 Å². The minimum atomic E-state index is -0.236. The lowest BCUT2D eigenvalue weighted by Crippen LogP contribution is -2.35. The molecule has 0 saturated carbocycles. The highest BCUT2D eigenvalue weighted by Gasteiger charge is 2.21. The molecule has 0 bridgehead atoms. The Hall–Kier alpha value is -3.02. The van der Waals surface area contributed by atoms with Gasteiger partial charge in [0.25, 0.3) is 0 Å². The molecule has 0 atom stereocenters. The van der Waals surface area contributed by atoms with Crippen LogP contribution in [0.5, 0.6) is 0 Å². The Balaban J connectivity index is 1.33. The van der Waals surface area contributed by atoms with Crippen LogP contribution in [0.4, 0.5) is 16.2 Å². The van der Waals surface area contributed by atoms with Gasteiger partial charge in [0.05, 0.1) is 6.20 Å². The summed E-state index contributed by atoms with van der Waals surface area (Å²) >= 11 is 0. The van der Waals surface area contributed by atoms with Gasteiger partial charge in [0, 0.05) is 25.2 Å². The molecular weight excluding hydrogens is 353 g/mol. The molecule has 1 aromatic heterocycles. The van der Waals surface area contributed by atoms with Crippen molar-refractivity contribution in [3.05, 3.63) is 77.7 Å². The quantitative estimate of drug-likeness (QED) is 0.701. The van der Waals surface area contributed by atoms with Gasteiger partial charge in [0.1, 0.15) is 5.82 Å². The normalized spacial score (nSPS) is 14.8. The van der Waals surface area contributed by atoms with Crippen LogP contribution in [0.1, 0.15) is 24.0 Å². The largest absolute Gasteiger partial charge is 0.355 e. The van der Waals surface area contributed by atoms with Gasteiger partial charge in [-0.05, 0) is 36.8 Å². The van der Waals surface area contributed by atoms with Crippen LogP contribution < -0.4 is 10.2 Å². The minimum Gasteiger partial charge on any atom is -0.355 e. The van der Waals surface area contributed by atoms with Crippen molar-refractivity contribution >= 4 is 11.8 Å². The van der Waals surface area contributed by atoms with Crippen LogP contribution in [0.3, 0.4) is 0 Å². The summed E-state index contributed by atoms with van der Waals surface area (Å²) in [5, 5.41) is 11.2. The molecular formula is C22H24FN5. The number of nitrogens with zero attached hydrogens (tertiary/aromatic N) is 4. The van der Waals surface area contributed by atoms with Gasteiger partial charge in [-0.3, -0.25) is 0 Å². The molecule has 0 unspecified atom stereocenters. The molecule has 5 nitrogen and oxygen atoms in total. The second kappa shape index (κ2) is 8.78. The molecule has 144 valence electrons. The Morgan fingerprint density at radius 3 is 2.54 bits per heavy atom. The van der Waals surface area contributed by atoms with Crippen LogP contribution in [0.2, 0.25) is 0 Å². The van der Waals surface area contributed by atoms with Crippen molar-refractivity contribution in [3.63, 3.8) is 0 Å². The van der Waals surface area contributed by atoms with Gasteiger partial charge in [-0.25, -0.2) is 4.39 Å². The van der Waals surface area contributed by atoms with Crippen LogP contribution in [-0.4, -0.2) is 28.3 Å². The van der Waals surface area contributed by atoms with Gasteiger partial charge in [-0.15, -0.1) is 5.10 Å². The lowest BCUT2D eigenvalue weighted by atomic mass is 9.90. The van der Waals surface area contributed by atoms with Gasteiger partial charge in [-0.1, -0.05) is 48.5 Å². The first-order chi connectivity index (χ1) is 13.8. The fourth-order valence-corrected chi connectivity index (χ4v) is 3.65. The monoisotopic (exact) mass is 377 g/mol. The first-order valence-electron chi connectivity index (χ1n) is 9.74. The second-order valence-electron chi connectivity index (χ2n) is 7.20. The Labute approximate surface area is 164 Å². The summed E-state index contributed by atoms with van der Waals surface area (Å²) in [6.07, 6.45) is 5.10. The molecule has 1 N–H and O–H groups in total. The molecule has 1 fully saturated rings. The average Bonchev–Trinajstić information content (AvgIpc) is 2.75. The predicted molar refractivity (Wildman–Crippen MR) is 109 cm³/mol. The molecule has 1 aliphatic heterocycles. The number of nitrogens with one attached hydrogen (secondary N) is 1. The van der Waals surface area contributed by atoms with Crippen molar-refractivity contribution in [2.24, 2.45) is 5.92 Å². The minimum absolute atomic E-state index is 0.236. The Bertz CT molecular complexity index is 894. The predicted octanol–water partition coefficient (Wildman–Crippen LogP) is 4.08. The van der Waals surface area contributed by atoms with Crippen molar-refractivity contribution < 1.29 is 4.39 Å². The number of hydrogen-bond donors (Lipinski definition) is 1. The maximum atomic E-state index is 13.8. The molecule has 2 heterocycles. The molecule has 1 aliphatic rings. The highest BCUT2D eigenvalue weighted by Crippen LogP contribution is 2.24. The highest BCUT2D eigenvalue weighted by atomic mass is 19.1. The molecule has 6 heteroatoms. The van der Waals surface area contributed by atoms with Gasteiger partial charge in [-0.2, -0.15) is 10.1 Å². The standard InChI is InChI=1S/C22H24FN5/c23-20-9-5-4-8-19(20)15-24-22-26-21(16-25-27-22)28-12-10-18(11-13-28)14-17-6-2-1-3-7-17/h1-9,16,18H,10-15H2,(H,24,26,27). The van der Waals surface area contributed by atoms with E-state index in [1.807, 2.05) is 6.07 Å². The summed E-state index contributed by atoms with van der Waals surface area (Å²) in [5.41, 5.74) is 1.99. The third kappa shape index (κ3) is 4.63. The van der Waals surface area contributed by atoms with E-state index in [2.05, 4.69) is 55.7 Å². The summed E-state index contributed by atoms with van der Waals surface area (Å²) in [7, 11) is 0. The van der Waals surface area contributed by atoms with E-state index in [9.17, 15) is 4.39 Å². The topological polar surface area (TPSA) is 53.9 Å². The lowest BCUT2D eigenvalue weighted by molar-refractivity contribution is 0.402. The van der Waals surface area contributed by atoms with Gasteiger partial charge >= 0.3 is 0 Å². The first kappa shape index (κ1) is 18.3. The molecule has 2 aromatic carbocycles. The maximum Gasteiger partial charge on any atom is 0.244 e. The van der Waals surface area contributed by atoms with Crippen molar-refractivity contribution in [2.45, 2.75) is 25.8 Å². The van der Waals surface area contributed by atoms with E-state index >= 15 is 0 Å². The molecule has 28 heavy (non-hydrogen) atoms. The van der Waals surface area contributed by atoms with E-state index in [0.29, 0.717) is 24.0 Å². The molecule has 3 aromatic rings. The van der Waals surface area contributed by atoms with Gasteiger partial charge in [0.15, 0.2) is 5.82 Å². The van der Waals surface area contributed by atoms with Crippen LogP contribution >= 0.6 is 0 Å². The number of hydrogen-bond acceptors (Lipinski definition) is 5. The zero-order valence-electron chi connectivity index (χ0n) is 15.8. The zero-order chi connectivity index (χ0) is 19.2. The summed E-state index contributed by atoms with van der Waals surface area (Å²) in [6.45, 7) is 2.25. The van der Waals surface area contributed by atoms with Crippen LogP contribution in [-0.2, 0) is 13.0 Å². The smallest absolute Gasteiger partial charge is 0.244 e. The van der Waals surface area contributed by atoms with E-state index in [1.54, 1.807) is 18.3 Å². The molecule has 0 spiro atoms. The number of aromatic nitrogens is 3. The fourth-order valence-electron chi connectivity index (χ4n) is 3.65. The lowest BCUT2D eigenvalue weighted by Gasteiger charge is -2.32. The number of anilines is 2. The molecule has 0 radical (unpaired) electrons. The van der Waals surface area contributed by atoms with Crippen molar-refractivity contribution in [1.82, 2.24) is 15.2 Å². The first-order valence-corrected chi connectivity index (χ1v) is 9.74. The van der Waals surface area contributed by atoms with E-state index in [4.69, 9.17) is 0 Å². The fraction of sp³-hybridized carbons (Fsp3) is 0.318. The summed E-state index contributed by atoms with van der Waals surface area (Å²) in [5.74, 6) is 1.71. The van der Waals surface area contributed by atoms with Crippen LogP contribution in [0.15, 0.2) is 60.8 Å². The van der Waals surface area contributed by atoms with Gasteiger partial charge in [0.2, 0.25) is 5.95 Å². The van der Waals surface area contributed by atoms with E-state index in [0.717, 1.165) is 38.2 Å². The average molecular weight is 377 g/mol. The molecule has 0 aliphatic carbocycles. The highest BCUT2D eigenvalue weighted by molar-refractivity contribution is 5.41. The number of halogens is 1. The van der Waals surface area contributed by atoms with Crippen molar-refractivity contribution in [1.29, 1.82) is 0 Å². The Morgan fingerprint density at radius 1 is 1.00 bits per heavy atom. The third-order valence-corrected chi connectivity index (χ3v) is 5.25.